The zero-order valence-corrected chi connectivity index (χ0v) is 10.8. The molecule has 8 heteroatoms. The standard InChI is InChI=1S/C11H14N4O4/c1-11(2,3)9(17)19-5-15-8(16)6-7(13-4-12-6)14-10(15)18/h4H,5H2,1-3H3,(H,12,13)(H,14,18). The van der Waals surface area contributed by atoms with Crippen molar-refractivity contribution in [2.45, 2.75) is 27.5 Å². The number of rotatable bonds is 2. The Morgan fingerprint density at radius 2 is 2.11 bits per heavy atom. The van der Waals surface area contributed by atoms with E-state index >= 15 is 0 Å². The lowest BCUT2D eigenvalue weighted by Crippen LogP contribution is -2.37. The van der Waals surface area contributed by atoms with E-state index in [9.17, 15) is 14.4 Å². The Hall–Kier alpha value is -2.38. The van der Waals surface area contributed by atoms with E-state index in [0.717, 1.165) is 4.57 Å². The van der Waals surface area contributed by atoms with E-state index in [1.807, 2.05) is 0 Å². The largest absolute Gasteiger partial charge is 0.443 e. The normalized spacial score (nSPS) is 11.7. The number of fused-ring (bicyclic) bond motifs is 1. The van der Waals surface area contributed by atoms with Crippen molar-refractivity contribution in [3.63, 3.8) is 0 Å². The van der Waals surface area contributed by atoms with E-state index in [1.54, 1.807) is 20.8 Å². The summed E-state index contributed by atoms with van der Waals surface area (Å²) in [7, 11) is 0. The number of carbonyl (C=O) groups excluding carboxylic acids is 1. The van der Waals surface area contributed by atoms with Crippen molar-refractivity contribution >= 4 is 17.1 Å². The van der Waals surface area contributed by atoms with Gasteiger partial charge >= 0.3 is 11.7 Å². The average molecular weight is 266 g/mol. The summed E-state index contributed by atoms with van der Waals surface area (Å²) < 4.78 is 5.75. The second-order valence-corrected chi connectivity index (χ2v) is 5.10. The van der Waals surface area contributed by atoms with Crippen molar-refractivity contribution < 1.29 is 9.53 Å². The average Bonchev–Trinajstić information content (AvgIpc) is 2.75. The Morgan fingerprint density at radius 1 is 1.42 bits per heavy atom. The van der Waals surface area contributed by atoms with Gasteiger partial charge in [-0.3, -0.25) is 14.6 Å². The van der Waals surface area contributed by atoms with Crippen LogP contribution >= 0.6 is 0 Å². The lowest BCUT2D eigenvalue weighted by molar-refractivity contribution is -0.157. The molecular formula is C11H14N4O4. The van der Waals surface area contributed by atoms with Gasteiger partial charge in [0.15, 0.2) is 12.4 Å². The summed E-state index contributed by atoms with van der Waals surface area (Å²) in [4.78, 5) is 44.1. The molecule has 0 aliphatic heterocycles. The van der Waals surface area contributed by atoms with Gasteiger partial charge in [0.25, 0.3) is 5.56 Å². The van der Waals surface area contributed by atoms with E-state index in [0.29, 0.717) is 0 Å². The molecule has 2 aromatic rings. The Morgan fingerprint density at radius 3 is 2.74 bits per heavy atom. The molecule has 0 unspecified atom stereocenters. The van der Waals surface area contributed by atoms with E-state index in [2.05, 4.69) is 15.0 Å². The highest BCUT2D eigenvalue weighted by Crippen LogP contribution is 2.14. The number of nitrogens with one attached hydrogen (secondary N) is 2. The molecule has 0 amide bonds. The fourth-order valence-corrected chi connectivity index (χ4v) is 1.40. The van der Waals surface area contributed by atoms with Gasteiger partial charge < -0.3 is 9.72 Å². The number of hydrogen-bond donors (Lipinski definition) is 2. The van der Waals surface area contributed by atoms with Gasteiger partial charge in [-0.15, -0.1) is 0 Å². The maximum Gasteiger partial charge on any atom is 0.332 e. The molecule has 8 nitrogen and oxygen atoms in total. The molecule has 0 radical (unpaired) electrons. The number of aromatic amines is 2. The summed E-state index contributed by atoms with van der Waals surface area (Å²) in [6.45, 7) is 4.61. The molecule has 0 fully saturated rings. The molecule has 2 heterocycles. The zero-order valence-electron chi connectivity index (χ0n) is 10.8. The van der Waals surface area contributed by atoms with Crippen LogP contribution < -0.4 is 11.2 Å². The second kappa shape index (κ2) is 4.38. The molecule has 0 aliphatic carbocycles. The highest BCUT2D eigenvalue weighted by molar-refractivity contribution is 5.75. The van der Waals surface area contributed by atoms with Crippen molar-refractivity contribution in [1.29, 1.82) is 0 Å². The Labute approximate surface area is 107 Å². The molecule has 0 saturated carbocycles. The number of ether oxygens (including phenoxy) is 1. The number of carbonyl (C=O) groups is 1. The summed E-state index contributed by atoms with van der Waals surface area (Å²) in [6, 6.07) is 0. The minimum Gasteiger partial charge on any atom is -0.443 e. The van der Waals surface area contributed by atoms with Crippen molar-refractivity contribution in [1.82, 2.24) is 19.5 Å². The maximum absolute atomic E-state index is 12.0. The molecule has 2 N–H and O–H groups in total. The van der Waals surface area contributed by atoms with Crippen LogP contribution in [-0.2, 0) is 16.3 Å². The van der Waals surface area contributed by atoms with Crippen LogP contribution in [0.3, 0.4) is 0 Å². The van der Waals surface area contributed by atoms with Crippen LogP contribution in [0.5, 0.6) is 0 Å². The van der Waals surface area contributed by atoms with Gasteiger partial charge in [-0.1, -0.05) is 0 Å². The molecule has 0 spiro atoms. The predicted octanol–water partition coefficient (Wildman–Crippen LogP) is -0.0403. The topological polar surface area (TPSA) is 110 Å². The first-order chi connectivity index (χ1) is 8.80. The van der Waals surface area contributed by atoms with E-state index in [1.165, 1.54) is 6.33 Å². The maximum atomic E-state index is 12.0. The predicted molar refractivity (Wildman–Crippen MR) is 66.5 cm³/mol. The number of imidazole rings is 1. The lowest BCUT2D eigenvalue weighted by Gasteiger charge is -2.16. The fourth-order valence-electron chi connectivity index (χ4n) is 1.40. The van der Waals surface area contributed by atoms with Crippen LogP contribution in [0.4, 0.5) is 0 Å². The molecular weight excluding hydrogens is 252 g/mol. The van der Waals surface area contributed by atoms with E-state index in [-0.39, 0.29) is 11.2 Å². The van der Waals surface area contributed by atoms with Gasteiger partial charge in [0.1, 0.15) is 5.52 Å². The van der Waals surface area contributed by atoms with Gasteiger partial charge in [0.2, 0.25) is 0 Å². The Kier molecular flexibility index (Phi) is 3.01. The van der Waals surface area contributed by atoms with Crippen molar-refractivity contribution in [3.05, 3.63) is 27.2 Å². The SMILES string of the molecule is CC(C)(C)C(=O)OCn1c(=O)[nH]c2nc[nH]c2c1=O. The van der Waals surface area contributed by atoms with Gasteiger partial charge in [0, 0.05) is 0 Å². The van der Waals surface area contributed by atoms with Crippen molar-refractivity contribution in [2.75, 3.05) is 0 Å². The Balaban J connectivity index is 2.34. The molecule has 0 saturated heterocycles. The highest BCUT2D eigenvalue weighted by Gasteiger charge is 2.23. The van der Waals surface area contributed by atoms with Crippen LogP contribution in [-0.4, -0.2) is 25.5 Å². The third kappa shape index (κ3) is 2.42. The summed E-state index contributed by atoms with van der Waals surface area (Å²) in [5.41, 5.74) is -1.63. The van der Waals surface area contributed by atoms with Crippen LogP contribution in [0.25, 0.3) is 11.2 Å². The number of aromatic nitrogens is 4. The fraction of sp³-hybridized carbons (Fsp3) is 0.455. The summed E-state index contributed by atoms with van der Waals surface area (Å²) in [5.74, 6) is -0.497. The first-order valence-corrected chi connectivity index (χ1v) is 5.64. The number of H-pyrrole nitrogens is 2. The zero-order chi connectivity index (χ0) is 14.2. The quantitative estimate of drug-likeness (QED) is 0.741. The molecule has 0 aliphatic rings. The van der Waals surface area contributed by atoms with Crippen molar-refractivity contribution in [3.8, 4) is 0 Å². The molecule has 2 aromatic heterocycles. The minimum absolute atomic E-state index is 0.159. The van der Waals surface area contributed by atoms with Crippen molar-refractivity contribution in [2.24, 2.45) is 5.41 Å². The van der Waals surface area contributed by atoms with Gasteiger partial charge in [-0.2, -0.15) is 0 Å². The number of esters is 1. The third-order valence-electron chi connectivity index (χ3n) is 2.51. The van der Waals surface area contributed by atoms with E-state index < -0.39 is 29.4 Å². The number of hydrogen-bond acceptors (Lipinski definition) is 5. The number of nitrogens with zero attached hydrogens (tertiary/aromatic N) is 2. The summed E-state index contributed by atoms with van der Waals surface area (Å²) in [6.07, 6.45) is 1.30. The summed E-state index contributed by atoms with van der Waals surface area (Å²) >= 11 is 0. The molecule has 2 rings (SSSR count). The first kappa shape index (κ1) is 13.1. The molecule has 0 atom stereocenters. The lowest BCUT2D eigenvalue weighted by atomic mass is 9.98. The minimum atomic E-state index is -0.700. The Bertz CT molecular complexity index is 731. The second-order valence-electron chi connectivity index (χ2n) is 5.10. The van der Waals surface area contributed by atoms with Crippen LogP contribution in [0, 0.1) is 5.41 Å². The van der Waals surface area contributed by atoms with Gasteiger partial charge in [0.05, 0.1) is 11.7 Å². The van der Waals surface area contributed by atoms with E-state index in [4.69, 9.17) is 4.74 Å². The smallest absolute Gasteiger partial charge is 0.332 e. The summed E-state index contributed by atoms with van der Waals surface area (Å²) in [5, 5.41) is 0. The molecule has 0 aromatic carbocycles. The van der Waals surface area contributed by atoms with Gasteiger partial charge in [-0.05, 0) is 20.8 Å². The first-order valence-electron chi connectivity index (χ1n) is 5.64. The van der Waals surface area contributed by atoms with Crippen LogP contribution in [0.2, 0.25) is 0 Å². The third-order valence-corrected chi connectivity index (χ3v) is 2.51. The highest BCUT2D eigenvalue weighted by atomic mass is 16.5. The van der Waals surface area contributed by atoms with Crippen LogP contribution in [0.1, 0.15) is 20.8 Å². The monoisotopic (exact) mass is 266 g/mol. The molecule has 0 bridgehead atoms. The molecule has 102 valence electrons. The molecule has 19 heavy (non-hydrogen) atoms. The van der Waals surface area contributed by atoms with Crippen LogP contribution in [0.15, 0.2) is 15.9 Å². The van der Waals surface area contributed by atoms with Gasteiger partial charge in [-0.25, -0.2) is 14.3 Å².